The normalized spacial score (nSPS) is 10.4. The third-order valence-electron chi connectivity index (χ3n) is 3.14. The quantitative estimate of drug-likeness (QED) is 0.910. The lowest BCUT2D eigenvalue weighted by atomic mass is 10.0. The molecule has 2 aromatic rings. The van der Waals surface area contributed by atoms with Gasteiger partial charge in [0, 0.05) is 17.2 Å². The van der Waals surface area contributed by atoms with Gasteiger partial charge in [-0.25, -0.2) is 0 Å². The highest BCUT2D eigenvalue weighted by molar-refractivity contribution is 9.10. The Morgan fingerprint density at radius 1 is 1.00 bits per heavy atom. The lowest BCUT2D eigenvalue weighted by molar-refractivity contribution is 1.09. The number of nitrogens with zero attached hydrogens (tertiary/aromatic N) is 1. The standard InChI is InChI=1S/C15H17BrN2/c1-10-4-12(3)13(5-11(10)2)7-18-15-6-14(16)8-17-9-15/h4-6,8-9,18H,7H2,1-3H3. The Bertz CT molecular complexity index is 564. The first-order valence-electron chi connectivity index (χ1n) is 5.97. The van der Waals surface area contributed by atoms with Gasteiger partial charge in [-0.3, -0.25) is 4.98 Å². The van der Waals surface area contributed by atoms with E-state index in [-0.39, 0.29) is 0 Å². The first-order chi connectivity index (χ1) is 8.56. The molecule has 1 N–H and O–H groups in total. The molecule has 0 amide bonds. The Hall–Kier alpha value is -1.35. The molecule has 1 aromatic heterocycles. The summed E-state index contributed by atoms with van der Waals surface area (Å²) in [7, 11) is 0. The molecule has 2 nitrogen and oxygen atoms in total. The van der Waals surface area contributed by atoms with Crippen molar-refractivity contribution in [2.45, 2.75) is 27.3 Å². The molecule has 3 heteroatoms. The zero-order valence-electron chi connectivity index (χ0n) is 10.9. The molecule has 0 bridgehead atoms. The van der Waals surface area contributed by atoms with Crippen LogP contribution in [0.5, 0.6) is 0 Å². The molecule has 0 saturated carbocycles. The Labute approximate surface area is 117 Å². The summed E-state index contributed by atoms with van der Waals surface area (Å²) in [5.74, 6) is 0. The maximum absolute atomic E-state index is 4.14. The van der Waals surface area contributed by atoms with Gasteiger partial charge in [0.15, 0.2) is 0 Å². The van der Waals surface area contributed by atoms with Crippen molar-refractivity contribution in [1.29, 1.82) is 0 Å². The number of hydrogen-bond acceptors (Lipinski definition) is 2. The van der Waals surface area contributed by atoms with Crippen LogP contribution < -0.4 is 5.32 Å². The largest absolute Gasteiger partial charge is 0.380 e. The van der Waals surface area contributed by atoms with Crippen LogP contribution in [0.1, 0.15) is 22.3 Å². The number of anilines is 1. The maximum Gasteiger partial charge on any atom is 0.0540 e. The van der Waals surface area contributed by atoms with E-state index in [1.807, 2.05) is 12.3 Å². The molecule has 0 aliphatic heterocycles. The van der Waals surface area contributed by atoms with Gasteiger partial charge >= 0.3 is 0 Å². The average molecular weight is 305 g/mol. The van der Waals surface area contributed by atoms with Gasteiger partial charge in [-0.05, 0) is 65.0 Å². The van der Waals surface area contributed by atoms with E-state index < -0.39 is 0 Å². The molecule has 0 aliphatic carbocycles. The minimum Gasteiger partial charge on any atom is -0.380 e. The minimum absolute atomic E-state index is 0.824. The van der Waals surface area contributed by atoms with Crippen molar-refractivity contribution in [1.82, 2.24) is 4.98 Å². The topological polar surface area (TPSA) is 24.9 Å². The van der Waals surface area contributed by atoms with Crippen molar-refractivity contribution >= 4 is 21.6 Å². The third kappa shape index (κ3) is 3.10. The van der Waals surface area contributed by atoms with Gasteiger partial charge in [-0.15, -0.1) is 0 Å². The summed E-state index contributed by atoms with van der Waals surface area (Å²) < 4.78 is 0.990. The van der Waals surface area contributed by atoms with Gasteiger partial charge in [0.05, 0.1) is 11.9 Å². The van der Waals surface area contributed by atoms with Gasteiger partial charge in [-0.2, -0.15) is 0 Å². The van der Waals surface area contributed by atoms with E-state index in [4.69, 9.17) is 0 Å². The maximum atomic E-state index is 4.14. The van der Waals surface area contributed by atoms with Crippen LogP contribution in [-0.2, 0) is 6.54 Å². The van der Waals surface area contributed by atoms with Gasteiger partial charge in [0.1, 0.15) is 0 Å². The Morgan fingerprint density at radius 3 is 2.44 bits per heavy atom. The second-order valence-electron chi connectivity index (χ2n) is 4.61. The van der Waals surface area contributed by atoms with Crippen LogP contribution in [-0.4, -0.2) is 4.98 Å². The minimum atomic E-state index is 0.824. The highest BCUT2D eigenvalue weighted by Crippen LogP contribution is 2.18. The van der Waals surface area contributed by atoms with Crippen LogP contribution in [0.3, 0.4) is 0 Å². The molecule has 1 aromatic carbocycles. The fraction of sp³-hybridized carbons (Fsp3) is 0.267. The van der Waals surface area contributed by atoms with Crippen molar-refractivity contribution in [3.63, 3.8) is 0 Å². The number of hydrogen-bond donors (Lipinski definition) is 1. The second-order valence-corrected chi connectivity index (χ2v) is 5.52. The molecule has 0 radical (unpaired) electrons. The lowest BCUT2D eigenvalue weighted by Gasteiger charge is -2.11. The molecule has 1 heterocycles. The third-order valence-corrected chi connectivity index (χ3v) is 3.57. The van der Waals surface area contributed by atoms with E-state index in [1.165, 1.54) is 22.3 Å². The van der Waals surface area contributed by atoms with Crippen LogP contribution in [0.4, 0.5) is 5.69 Å². The smallest absolute Gasteiger partial charge is 0.0540 e. The van der Waals surface area contributed by atoms with Crippen molar-refractivity contribution in [3.05, 3.63) is 57.3 Å². The summed E-state index contributed by atoms with van der Waals surface area (Å²) in [5.41, 5.74) is 6.37. The fourth-order valence-corrected chi connectivity index (χ4v) is 2.28. The fourth-order valence-electron chi connectivity index (χ4n) is 1.92. The van der Waals surface area contributed by atoms with Gasteiger partial charge in [-0.1, -0.05) is 12.1 Å². The summed E-state index contributed by atoms with van der Waals surface area (Å²) in [6.07, 6.45) is 3.62. The highest BCUT2D eigenvalue weighted by Gasteiger charge is 2.02. The van der Waals surface area contributed by atoms with E-state index >= 15 is 0 Å². The van der Waals surface area contributed by atoms with Gasteiger partial charge in [0.25, 0.3) is 0 Å². The number of nitrogens with one attached hydrogen (secondary N) is 1. The van der Waals surface area contributed by atoms with E-state index in [1.54, 1.807) is 6.20 Å². The van der Waals surface area contributed by atoms with Crippen LogP contribution >= 0.6 is 15.9 Å². The van der Waals surface area contributed by atoms with Gasteiger partial charge in [0.2, 0.25) is 0 Å². The average Bonchev–Trinajstić information content (AvgIpc) is 2.32. The molecule has 0 spiro atoms. The summed E-state index contributed by atoms with van der Waals surface area (Å²) in [4.78, 5) is 4.14. The number of halogens is 1. The summed E-state index contributed by atoms with van der Waals surface area (Å²) >= 11 is 3.42. The first-order valence-corrected chi connectivity index (χ1v) is 6.76. The van der Waals surface area contributed by atoms with Crippen LogP contribution in [0, 0.1) is 20.8 Å². The summed E-state index contributed by atoms with van der Waals surface area (Å²) in [6, 6.07) is 6.53. The molecule has 0 fully saturated rings. The monoisotopic (exact) mass is 304 g/mol. The van der Waals surface area contributed by atoms with E-state index in [0.717, 1.165) is 16.7 Å². The van der Waals surface area contributed by atoms with Crippen molar-refractivity contribution in [3.8, 4) is 0 Å². The van der Waals surface area contributed by atoms with Crippen molar-refractivity contribution in [2.24, 2.45) is 0 Å². The molecule has 0 unspecified atom stereocenters. The summed E-state index contributed by atoms with van der Waals surface area (Å²) in [5, 5.41) is 3.40. The lowest BCUT2D eigenvalue weighted by Crippen LogP contribution is -2.02. The molecule has 2 rings (SSSR count). The number of pyridine rings is 1. The van der Waals surface area contributed by atoms with Crippen LogP contribution in [0.15, 0.2) is 35.1 Å². The predicted octanol–water partition coefficient (Wildman–Crippen LogP) is 4.38. The van der Waals surface area contributed by atoms with Gasteiger partial charge < -0.3 is 5.32 Å². The highest BCUT2D eigenvalue weighted by atomic mass is 79.9. The number of rotatable bonds is 3. The Morgan fingerprint density at radius 2 is 1.72 bits per heavy atom. The van der Waals surface area contributed by atoms with Crippen LogP contribution in [0.2, 0.25) is 0 Å². The Balaban J connectivity index is 2.13. The molecule has 18 heavy (non-hydrogen) atoms. The first kappa shape index (κ1) is 13.1. The van der Waals surface area contributed by atoms with Crippen molar-refractivity contribution < 1.29 is 0 Å². The molecule has 0 atom stereocenters. The summed E-state index contributed by atoms with van der Waals surface area (Å²) in [6.45, 7) is 7.28. The molecule has 0 aliphatic rings. The SMILES string of the molecule is Cc1cc(C)c(CNc2cncc(Br)c2)cc1C. The zero-order chi connectivity index (χ0) is 13.1. The van der Waals surface area contributed by atoms with E-state index in [9.17, 15) is 0 Å². The molecule has 0 saturated heterocycles. The zero-order valence-corrected chi connectivity index (χ0v) is 12.5. The van der Waals surface area contributed by atoms with Crippen LogP contribution in [0.25, 0.3) is 0 Å². The predicted molar refractivity (Wildman–Crippen MR) is 79.9 cm³/mol. The molecular weight excluding hydrogens is 288 g/mol. The second kappa shape index (κ2) is 5.53. The van der Waals surface area contributed by atoms with E-state index in [2.05, 4.69) is 59.1 Å². The van der Waals surface area contributed by atoms with E-state index in [0.29, 0.717) is 0 Å². The Kier molecular flexibility index (Phi) is 4.02. The van der Waals surface area contributed by atoms with Crippen molar-refractivity contribution in [2.75, 3.05) is 5.32 Å². The molecule has 94 valence electrons. The number of aromatic nitrogens is 1. The number of aryl methyl sites for hydroxylation is 3. The molecular formula is C15H17BrN2. The number of benzene rings is 1.